The molecular weight excluding hydrogens is 364 g/mol. The molecule has 0 aliphatic carbocycles. The lowest BCUT2D eigenvalue weighted by Crippen LogP contribution is -2.04. The smallest absolute Gasteiger partial charge is 0.269 e. The van der Waals surface area contributed by atoms with Crippen LogP contribution in [0, 0.1) is 17.0 Å². The van der Waals surface area contributed by atoms with Crippen LogP contribution in [-0.2, 0) is 13.2 Å². The first-order valence-electron chi connectivity index (χ1n) is 8.47. The average Bonchev–Trinajstić information content (AvgIpc) is 2.68. The first kappa shape index (κ1) is 18.7. The first-order valence-corrected chi connectivity index (χ1v) is 8.85. The molecule has 0 fully saturated rings. The molecule has 138 valence electrons. The lowest BCUT2D eigenvalue weighted by Gasteiger charge is -2.14. The lowest BCUT2D eigenvalue weighted by atomic mass is 10.1. The van der Waals surface area contributed by atoms with Gasteiger partial charge in [-0.15, -0.1) is 0 Å². The summed E-state index contributed by atoms with van der Waals surface area (Å²) in [5.74, 6) is 0.767. The Bertz CT molecular complexity index is 942. The highest BCUT2D eigenvalue weighted by atomic mass is 35.5. The molecule has 1 N–H and O–H groups in total. The van der Waals surface area contributed by atoms with Gasteiger partial charge in [0.15, 0.2) is 0 Å². The van der Waals surface area contributed by atoms with E-state index in [0.717, 1.165) is 28.1 Å². The molecule has 5 nitrogen and oxygen atoms in total. The number of rotatable bonds is 7. The monoisotopic (exact) mass is 382 g/mol. The molecule has 3 rings (SSSR count). The van der Waals surface area contributed by atoms with Gasteiger partial charge in [0.2, 0.25) is 0 Å². The van der Waals surface area contributed by atoms with Crippen LogP contribution in [0.15, 0.2) is 66.7 Å². The second-order valence-corrected chi connectivity index (χ2v) is 6.57. The van der Waals surface area contributed by atoms with E-state index in [2.05, 4.69) is 5.32 Å². The lowest BCUT2D eigenvalue weighted by molar-refractivity contribution is -0.384. The summed E-state index contributed by atoms with van der Waals surface area (Å²) < 4.78 is 5.93. The van der Waals surface area contributed by atoms with Crippen LogP contribution in [-0.4, -0.2) is 4.92 Å². The van der Waals surface area contributed by atoms with E-state index in [1.54, 1.807) is 12.1 Å². The summed E-state index contributed by atoms with van der Waals surface area (Å²) in [6.07, 6.45) is 0. The number of nitrogens with zero attached hydrogens (tertiary/aromatic N) is 1. The summed E-state index contributed by atoms with van der Waals surface area (Å²) in [7, 11) is 0. The molecule has 0 spiro atoms. The average molecular weight is 383 g/mol. The largest absolute Gasteiger partial charge is 0.489 e. The number of nitro benzene ring substituents is 1. The molecule has 3 aromatic carbocycles. The van der Waals surface area contributed by atoms with Crippen molar-refractivity contribution in [1.29, 1.82) is 0 Å². The summed E-state index contributed by atoms with van der Waals surface area (Å²) in [6, 6.07) is 19.9. The fraction of sp³-hybridized carbons (Fsp3) is 0.143. The Morgan fingerprint density at radius 2 is 1.81 bits per heavy atom. The summed E-state index contributed by atoms with van der Waals surface area (Å²) in [5, 5.41) is 14.8. The molecule has 0 heterocycles. The topological polar surface area (TPSA) is 64.4 Å². The Kier molecular flexibility index (Phi) is 5.94. The van der Waals surface area contributed by atoms with Crippen LogP contribution in [0.4, 0.5) is 11.4 Å². The molecule has 6 heteroatoms. The second-order valence-electron chi connectivity index (χ2n) is 6.13. The summed E-state index contributed by atoms with van der Waals surface area (Å²) in [5.41, 5.74) is 4.05. The number of non-ortho nitro benzene ring substituents is 1. The van der Waals surface area contributed by atoms with Gasteiger partial charge >= 0.3 is 0 Å². The molecule has 0 atom stereocenters. The number of nitro groups is 1. The fourth-order valence-corrected chi connectivity index (χ4v) is 2.81. The van der Waals surface area contributed by atoms with Crippen molar-refractivity contribution in [3.63, 3.8) is 0 Å². The number of nitrogens with one attached hydrogen (secondary N) is 1. The van der Waals surface area contributed by atoms with Crippen molar-refractivity contribution in [1.82, 2.24) is 0 Å². The van der Waals surface area contributed by atoms with Gasteiger partial charge in [-0.25, -0.2) is 0 Å². The predicted molar refractivity (Wildman–Crippen MR) is 107 cm³/mol. The molecule has 0 radical (unpaired) electrons. The number of ether oxygens (including phenoxy) is 1. The minimum absolute atomic E-state index is 0.0697. The van der Waals surface area contributed by atoms with E-state index in [1.807, 2.05) is 49.4 Å². The van der Waals surface area contributed by atoms with E-state index in [1.165, 1.54) is 12.1 Å². The van der Waals surface area contributed by atoms with Crippen molar-refractivity contribution in [3.8, 4) is 5.75 Å². The van der Waals surface area contributed by atoms with Crippen LogP contribution in [0.2, 0.25) is 5.02 Å². The van der Waals surface area contributed by atoms with Crippen molar-refractivity contribution < 1.29 is 9.66 Å². The van der Waals surface area contributed by atoms with E-state index in [9.17, 15) is 10.1 Å². The van der Waals surface area contributed by atoms with Gasteiger partial charge in [0.25, 0.3) is 5.69 Å². The van der Waals surface area contributed by atoms with Gasteiger partial charge in [0.05, 0.1) is 4.92 Å². The molecule has 0 bridgehead atoms. The standard InChI is InChI=1S/C21H19ClN2O3/c1-15-6-9-18(22)12-20(15)23-13-17-4-2-3-5-21(17)27-14-16-7-10-19(11-8-16)24(25)26/h2-12,23H,13-14H2,1H3. The fourth-order valence-electron chi connectivity index (χ4n) is 2.64. The molecule has 3 aromatic rings. The normalized spacial score (nSPS) is 10.4. The number of aryl methyl sites for hydroxylation is 1. The molecule has 0 aromatic heterocycles. The van der Waals surface area contributed by atoms with E-state index in [-0.39, 0.29) is 5.69 Å². The maximum atomic E-state index is 10.7. The number of anilines is 1. The van der Waals surface area contributed by atoms with Crippen molar-refractivity contribution in [3.05, 3.63) is 98.6 Å². The zero-order valence-electron chi connectivity index (χ0n) is 14.8. The minimum Gasteiger partial charge on any atom is -0.489 e. The molecule has 0 saturated carbocycles. The maximum Gasteiger partial charge on any atom is 0.269 e. The number of halogens is 1. The maximum absolute atomic E-state index is 10.7. The van der Waals surface area contributed by atoms with Crippen LogP contribution in [0.3, 0.4) is 0 Å². The van der Waals surface area contributed by atoms with Gasteiger partial charge in [-0.2, -0.15) is 0 Å². The summed E-state index contributed by atoms with van der Waals surface area (Å²) in [4.78, 5) is 10.3. The molecule has 0 saturated heterocycles. The number of benzene rings is 3. The second kappa shape index (κ2) is 8.56. The van der Waals surface area contributed by atoms with Gasteiger partial charge in [-0.3, -0.25) is 10.1 Å². The molecule has 27 heavy (non-hydrogen) atoms. The van der Waals surface area contributed by atoms with Crippen LogP contribution >= 0.6 is 11.6 Å². The number of hydrogen-bond donors (Lipinski definition) is 1. The van der Waals surface area contributed by atoms with Gasteiger partial charge in [0, 0.05) is 35.0 Å². The van der Waals surface area contributed by atoms with Gasteiger partial charge < -0.3 is 10.1 Å². The Labute approximate surface area is 162 Å². The predicted octanol–water partition coefficient (Wildman–Crippen LogP) is 5.75. The molecular formula is C21H19ClN2O3. The van der Waals surface area contributed by atoms with Crippen LogP contribution in [0.5, 0.6) is 5.75 Å². The highest BCUT2D eigenvalue weighted by Crippen LogP contribution is 2.24. The quantitative estimate of drug-likeness (QED) is 0.417. The molecule has 0 aliphatic heterocycles. The molecule has 0 amide bonds. The van der Waals surface area contributed by atoms with Gasteiger partial charge in [-0.05, 0) is 48.4 Å². The minimum atomic E-state index is -0.413. The van der Waals surface area contributed by atoms with Crippen molar-refractivity contribution >= 4 is 23.0 Å². The van der Waals surface area contributed by atoms with Gasteiger partial charge in [-0.1, -0.05) is 35.9 Å². The Morgan fingerprint density at radius 3 is 2.56 bits per heavy atom. The van der Waals surface area contributed by atoms with E-state index in [4.69, 9.17) is 16.3 Å². The highest BCUT2D eigenvalue weighted by Gasteiger charge is 2.07. The van der Waals surface area contributed by atoms with Crippen molar-refractivity contribution in [2.45, 2.75) is 20.1 Å². The summed E-state index contributed by atoms with van der Waals surface area (Å²) in [6.45, 7) is 2.96. The Morgan fingerprint density at radius 1 is 1.07 bits per heavy atom. The van der Waals surface area contributed by atoms with E-state index in [0.29, 0.717) is 18.2 Å². The Balaban J connectivity index is 1.66. The number of hydrogen-bond acceptors (Lipinski definition) is 4. The van der Waals surface area contributed by atoms with Crippen LogP contribution < -0.4 is 10.1 Å². The van der Waals surface area contributed by atoms with E-state index < -0.39 is 4.92 Å². The third-order valence-electron chi connectivity index (χ3n) is 4.18. The zero-order valence-corrected chi connectivity index (χ0v) is 15.6. The third kappa shape index (κ3) is 4.99. The Hall–Kier alpha value is -3.05. The highest BCUT2D eigenvalue weighted by molar-refractivity contribution is 6.30. The van der Waals surface area contributed by atoms with Crippen LogP contribution in [0.25, 0.3) is 0 Å². The van der Waals surface area contributed by atoms with Crippen molar-refractivity contribution in [2.24, 2.45) is 0 Å². The van der Waals surface area contributed by atoms with E-state index >= 15 is 0 Å². The summed E-state index contributed by atoms with van der Waals surface area (Å²) >= 11 is 6.07. The van der Waals surface area contributed by atoms with Crippen LogP contribution in [0.1, 0.15) is 16.7 Å². The first-order chi connectivity index (χ1) is 13.0. The molecule has 0 aliphatic rings. The zero-order chi connectivity index (χ0) is 19.2. The van der Waals surface area contributed by atoms with Crippen molar-refractivity contribution in [2.75, 3.05) is 5.32 Å². The number of para-hydroxylation sites is 1. The SMILES string of the molecule is Cc1ccc(Cl)cc1NCc1ccccc1OCc1ccc([N+](=O)[O-])cc1. The van der Waals surface area contributed by atoms with Gasteiger partial charge in [0.1, 0.15) is 12.4 Å². The third-order valence-corrected chi connectivity index (χ3v) is 4.42. The molecule has 0 unspecified atom stereocenters.